The molecule has 0 aliphatic heterocycles. The van der Waals surface area contributed by atoms with Gasteiger partial charge in [-0.15, -0.1) is 0 Å². The molecule has 106 valence electrons. The summed E-state index contributed by atoms with van der Waals surface area (Å²) in [5, 5.41) is 9.13. The smallest absolute Gasteiger partial charge is 0.242 e. The van der Waals surface area contributed by atoms with Gasteiger partial charge in [-0.2, -0.15) is 0 Å². The van der Waals surface area contributed by atoms with Crippen LogP contribution in [0.2, 0.25) is 0 Å². The van der Waals surface area contributed by atoms with Crippen LogP contribution < -0.4 is 16.0 Å². The number of hydrogen-bond donors (Lipinski definition) is 3. The molecule has 0 spiro atoms. The molecule has 6 nitrogen and oxygen atoms in total. The van der Waals surface area contributed by atoms with Crippen LogP contribution in [0.15, 0.2) is 6.33 Å². The number of carbonyl (C=O) groups excluding carboxylic acids is 1. The van der Waals surface area contributed by atoms with Crippen molar-refractivity contribution in [2.75, 3.05) is 23.7 Å². The fourth-order valence-corrected chi connectivity index (χ4v) is 1.79. The Bertz CT molecular complexity index is 421. The van der Waals surface area contributed by atoms with Crippen LogP contribution in [0.1, 0.15) is 33.3 Å². The predicted octanol–water partition coefficient (Wildman–Crippen LogP) is 1.41. The second kappa shape index (κ2) is 7.56. The summed E-state index contributed by atoms with van der Waals surface area (Å²) in [5.74, 6) is 1.51. The number of aromatic nitrogens is 2. The van der Waals surface area contributed by atoms with Gasteiger partial charge >= 0.3 is 0 Å². The molecule has 1 unspecified atom stereocenters. The van der Waals surface area contributed by atoms with Gasteiger partial charge in [0.05, 0.1) is 0 Å². The van der Waals surface area contributed by atoms with Gasteiger partial charge in [-0.3, -0.25) is 4.79 Å². The highest BCUT2D eigenvalue weighted by atomic mass is 16.2. The van der Waals surface area contributed by atoms with Gasteiger partial charge in [-0.05, 0) is 27.2 Å². The Labute approximate surface area is 114 Å². The molecular formula is C13H23N5O. The highest BCUT2D eigenvalue weighted by Gasteiger charge is 2.15. The Morgan fingerprint density at radius 3 is 2.47 bits per heavy atom. The lowest BCUT2D eigenvalue weighted by molar-refractivity contribution is -0.121. The minimum absolute atomic E-state index is 0.0341. The molecule has 6 heteroatoms. The normalized spacial score (nSPS) is 11.8. The summed E-state index contributed by atoms with van der Waals surface area (Å²) in [6.45, 7) is 9.20. The molecule has 0 bridgehead atoms. The highest BCUT2D eigenvalue weighted by molar-refractivity contribution is 5.84. The minimum atomic E-state index is -0.324. The molecule has 0 aliphatic carbocycles. The average molecular weight is 265 g/mol. The molecule has 19 heavy (non-hydrogen) atoms. The maximum absolute atomic E-state index is 11.7. The molecule has 1 aromatic heterocycles. The Morgan fingerprint density at radius 1 is 1.21 bits per heavy atom. The van der Waals surface area contributed by atoms with E-state index in [0.29, 0.717) is 12.4 Å². The lowest BCUT2D eigenvalue weighted by Crippen LogP contribution is -2.37. The molecule has 1 amide bonds. The van der Waals surface area contributed by atoms with Gasteiger partial charge in [-0.25, -0.2) is 9.97 Å². The maximum Gasteiger partial charge on any atom is 0.242 e. The van der Waals surface area contributed by atoms with E-state index in [1.807, 2.05) is 27.7 Å². The fourth-order valence-electron chi connectivity index (χ4n) is 1.79. The van der Waals surface area contributed by atoms with E-state index in [9.17, 15) is 4.79 Å². The van der Waals surface area contributed by atoms with Gasteiger partial charge in [0.2, 0.25) is 5.91 Å². The predicted molar refractivity (Wildman–Crippen MR) is 77.3 cm³/mol. The second-order valence-electron chi connectivity index (χ2n) is 4.19. The van der Waals surface area contributed by atoms with E-state index in [2.05, 4.69) is 25.9 Å². The summed E-state index contributed by atoms with van der Waals surface area (Å²) in [7, 11) is 0. The average Bonchev–Trinajstić information content (AvgIpc) is 2.39. The molecule has 0 saturated carbocycles. The van der Waals surface area contributed by atoms with E-state index >= 15 is 0 Å². The Kier molecular flexibility index (Phi) is 6.05. The van der Waals surface area contributed by atoms with Gasteiger partial charge in [-0.1, -0.05) is 6.92 Å². The quantitative estimate of drug-likeness (QED) is 0.694. The van der Waals surface area contributed by atoms with Crippen LogP contribution in [0.4, 0.5) is 11.6 Å². The summed E-state index contributed by atoms with van der Waals surface area (Å²) in [6.07, 6.45) is 2.30. The fraction of sp³-hybridized carbons (Fsp3) is 0.615. The van der Waals surface area contributed by atoms with Gasteiger partial charge < -0.3 is 16.0 Å². The van der Waals surface area contributed by atoms with E-state index in [1.165, 1.54) is 6.33 Å². The number of rotatable bonds is 7. The zero-order chi connectivity index (χ0) is 14.3. The zero-order valence-corrected chi connectivity index (χ0v) is 12.1. The molecule has 1 aromatic rings. The third-order valence-corrected chi connectivity index (χ3v) is 2.74. The molecule has 0 aliphatic rings. The van der Waals surface area contributed by atoms with Gasteiger partial charge in [0.1, 0.15) is 24.0 Å². The lowest BCUT2D eigenvalue weighted by atomic mass is 10.2. The molecule has 0 aromatic carbocycles. The van der Waals surface area contributed by atoms with E-state index in [1.54, 1.807) is 0 Å². The van der Waals surface area contributed by atoms with Crippen molar-refractivity contribution in [2.45, 2.75) is 40.2 Å². The van der Waals surface area contributed by atoms with Crippen LogP contribution in [0.3, 0.4) is 0 Å². The largest absolute Gasteiger partial charge is 0.370 e. The number of nitrogens with one attached hydrogen (secondary N) is 3. The van der Waals surface area contributed by atoms with Crippen LogP contribution in [0.25, 0.3) is 0 Å². The molecule has 1 rings (SSSR count). The zero-order valence-electron chi connectivity index (χ0n) is 12.1. The van der Waals surface area contributed by atoms with Crippen LogP contribution in [-0.2, 0) is 11.2 Å². The number of likely N-dealkylation sites (N-methyl/N-ethyl adjacent to an activating group) is 1. The Morgan fingerprint density at radius 2 is 1.89 bits per heavy atom. The standard InChI is InChI=1S/C13H23N5O/c1-5-10-11(14-6-2)16-8-17-12(10)18-9(4)13(19)15-7-3/h8-9H,5-7H2,1-4H3,(H,15,19)(H2,14,16,17,18). The molecule has 0 saturated heterocycles. The van der Waals surface area contributed by atoms with Gasteiger partial charge in [0, 0.05) is 18.7 Å². The maximum atomic E-state index is 11.7. The van der Waals surface area contributed by atoms with Crippen LogP contribution in [-0.4, -0.2) is 35.0 Å². The summed E-state index contributed by atoms with van der Waals surface area (Å²) in [6, 6.07) is -0.324. The van der Waals surface area contributed by atoms with Gasteiger partial charge in [0.15, 0.2) is 0 Å². The number of amides is 1. The molecule has 0 fully saturated rings. The molecule has 1 atom stereocenters. The van der Waals surface area contributed by atoms with Crippen molar-refractivity contribution in [2.24, 2.45) is 0 Å². The van der Waals surface area contributed by atoms with Crippen LogP contribution >= 0.6 is 0 Å². The SMILES string of the molecule is CCNC(=O)C(C)Nc1ncnc(NCC)c1CC. The first-order chi connectivity index (χ1) is 9.13. The van der Waals surface area contributed by atoms with E-state index in [0.717, 1.165) is 24.3 Å². The summed E-state index contributed by atoms with van der Waals surface area (Å²) in [5.41, 5.74) is 1.00. The van der Waals surface area contributed by atoms with Crippen molar-refractivity contribution in [3.63, 3.8) is 0 Å². The van der Waals surface area contributed by atoms with E-state index in [-0.39, 0.29) is 11.9 Å². The summed E-state index contributed by atoms with van der Waals surface area (Å²) in [4.78, 5) is 20.2. The van der Waals surface area contributed by atoms with Crippen molar-refractivity contribution >= 4 is 17.5 Å². The van der Waals surface area contributed by atoms with Crippen LogP contribution in [0, 0.1) is 0 Å². The highest BCUT2D eigenvalue weighted by Crippen LogP contribution is 2.20. The van der Waals surface area contributed by atoms with E-state index < -0.39 is 0 Å². The van der Waals surface area contributed by atoms with Crippen molar-refractivity contribution in [3.05, 3.63) is 11.9 Å². The first-order valence-corrected chi connectivity index (χ1v) is 6.75. The Balaban J connectivity index is 2.88. The molecule has 0 radical (unpaired) electrons. The topological polar surface area (TPSA) is 78.9 Å². The van der Waals surface area contributed by atoms with Crippen LogP contribution in [0.5, 0.6) is 0 Å². The molecule has 3 N–H and O–H groups in total. The third kappa shape index (κ3) is 4.08. The molecule has 1 heterocycles. The molecular weight excluding hydrogens is 242 g/mol. The monoisotopic (exact) mass is 265 g/mol. The summed E-state index contributed by atoms with van der Waals surface area (Å²) >= 11 is 0. The number of anilines is 2. The lowest BCUT2D eigenvalue weighted by Gasteiger charge is -2.17. The first kappa shape index (κ1) is 15.2. The minimum Gasteiger partial charge on any atom is -0.370 e. The number of hydrogen-bond acceptors (Lipinski definition) is 5. The summed E-state index contributed by atoms with van der Waals surface area (Å²) < 4.78 is 0. The number of carbonyl (C=O) groups is 1. The van der Waals surface area contributed by atoms with Crippen molar-refractivity contribution < 1.29 is 4.79 Å². The third-order valence-electron chi connectivity index (χ3n) is 2.74. The Hall–Kier alpha value is -1.85. The van der Waals surface area contributed by atoms with Crippen molar-refractivity contribution in [1.82, 2.24) is 15.3 Å². The van der Waals surface area contributed by atoms with Gasteiger partial charge in [0.25, 0.3) is 0 Å². The first-order valence-electron chi connectivity index (χ1n) is 6.75. The van der Waals surface area contributed by atoms with Crippen molar-refractivity contribution in [3.8, 4) is 0 Å². The van der Waals surface area contributed by atoms with E-state index in [4.69, 9.17) is 0 Å². The number of nitrogens with zero attached hydrogens (tertiary/aromatic N) is 2. The second-order valence-corrected chi connectivity index (χ2v) is 4.19. The van der Waals surface area contributed by atoms with Crippen molar-refractivity contribution in [1.29, 1.82) is 0 Å².